The van der Waals surface area contributed by atoms with Gasteiger partial charge in [0.2, 0.25) is 5.91 Å². The van der Waals surface area contributed by atoms with Crippen LogP contribution in [0.3, 0.4) is 0 Å². The van der Waals surface area contributed by atoms with Crippen LogP contribution in [0.1, 0.15) is 18.5 Å². The van der Waals surface area contributed by atoms with Crippen molar-refractivity contribution in [1.82, 2.24) is 14.8 Å². The molecule has 0 saturated carbocycles. The summed E-state index contributed by atoms with van der Waals surface area (Å²) in [5.74, 6) is 0.180. The zero-order valence-corrected chi connectivity index (χ0v) is 12.6. The van der Waals surface area contributed by atoms with Gasteiger partial charge < -0.3 is 10.2 Å². The van der Waals surface area contributed by atoms with Gasteiger partial charge in [0, 0.05) is 38.9 Å². The first kappa shape index (κ1) is 14.8. The summed E-state index contributed by atoms with van der Waals surface area (Å²) in [5, 5.41) is 3.52. The van der Waals surface area contributed by atoms with Gasteiger partial charge in [0.05, 0.1) is 18.4 Å². The van der Waals surface area contributed by atoms with Gasteiger partial charge in [-0.25, -0.2) is 0 Å². The number of nitrogens with one attached hydrogen (secondary N) is 1. The van der Waals surface area contributed by atoms with Gasteiger partial charge in [-0.05, 0) is 31.9 Å². The fourth-order valence-corrected chi connectivity index (χ4v) is 2.36. The zero-order valence-electron chi connectivity index (χ0n) is 12.6. The summed E-state index contributed by atoms with van der Waals surface area (Å²) in [4.78, 5) is 19.9. The second kappa shape index (κ2) is 6.70. The number of rotatable bonds is 4. The van der Waals surface area contributed by atoms with Crippen molar-refractivity contribution in [3.8, 4) is 0 Å². The molecule has 1 aliphatic heterocycles. The summed E-state index contributed by atoms with van der Waals surface area (Å²) < 4.78 is 0. The summed E-state index contributed by atoms with van der Waals surface area (Å²) in [6, 6.07) is 4.57. The van der Waals surface area contributed by atoms with Crippen LogP contribution < -0.4 is 5.32 Å². The smallest absolute Gasteiger partial charge is 0.236 e. The molecular weight excluding hydrogens is 252 g/mol. The van der Waals surface area contributed by atoms with Gasteiger partial charge in [0.25, 0.3) is 0 Å². The predicted molar refractivity (Wildman–Crippen MR) is 80.8 cm³/mol. The van der Waals surface area contributed by atoms with E-state index in [4.69, 9.17) is 0 Å². The van der Waals surface area contributed by atoms with Crippen molar-refractivity contribution >= 4 is 11.6 Å². The van der Waals surface area contributed by atoms with Crippen molar-refractivity contribution in [2.45, 2.75) is 25.8 Å². The molecule has 0 spiro atoms. The number of amides is 1. The Morgan fingerprint density at radius 1 is 1.40 bits per heavy atom. The number of aromatic nitrogens is 1. The summed E-state index contributed by atoms with van der Waals surface area (Å²) in [5.41, 5.74) is 2.12. The maximum Gasteiger partial charge on any atom is 0.236 e. The van der Waals surface area contributed by atoms with Gasteiger partial charge in [-0.2, -0.15) is 0 Å². The fraction of sp³-hybridized carbons (Fsp3) is 0.600. The minimum Gasteiger partial charge on any atom is -0.381 e. The maximum absolute atomic E-state index is 11.7. The first-order valence-electron chi connectivity index (χ1n) is 7.16. The first-order chi connectivity index (χ1) is 9.54. The van der Waals surface area contributed by atoms with Crippen LogP contribution in [0.4, 0.5) is 5.69 Å². The van der Waals surface area contributed by atoms with E-state index in [1.54, 1.807) is 19.0 Å². The van der Waals surface area contributed by atoms with E-state index in [9.17, 15) is 4.79 Å². The van der Waals surface area contributed by atoms with E-state index in [0.717, 1.165) is 37.3 Å². The quantitative estimate of drug-likeness (QED) is 0.902. The Morgan fingerprint density at radius 2 is 2.10 bits per heavy atom. The molecule has 20 heavy (non-hydrogen) atoms. The highest BCUT2D eigenvalue weighted by Crippen LogP contribution is 2.16. The molecule has 0 bridgehead atoms. The molecule has 0 atom stereocenters. The Hall–Kier alpha value is -1.62. The molecule has 0 unspecified atom stereocenters. The van der Waals surface area contributed by atoms with E-state index in [-0.39, 0.29) is 5.91 Å². The summed E-state index contributed by atoms with van der Waals surface area (Å²) in [7, 11) is 3.61. The molecule has 5 heteroatoms. The molecule has 1 amide bonds. The van der Waals surface area contributed by atoms with Gasteiger partial charge in [-0.1, -0.05) is 0 Å². The van der Waals surface area contributed by atoms with Gasteiger partial charge in [-0.3, -0.25) is 14.7 Å². The van der Waals surface area contributed by atoms with E-state index in [2.05, 4.69) is 21.3 Å². The lowest BCUT2D eigenvalue weighted by molar-refractivity contribution is -0.130. The van der Waals surface area contributed by atoms with E-state index in [0.29, 0.717) is 12.6 Å². The Labute approximate surface area is 121 Å². The van der Waals surface area contributed by atoms with Crippen molar-refractivity contribution in [1.29, 1.82) is 0 Å². The highest BCUT2D eigenvalue weighted by atomic mass is 16.2. The molecule has 1 aromatic heterocycles. The van der Waals surface area contributed by atoms with Gasteiger partial charge in [-0.15, -0.1) is 0 Å². The van der Waals surface area contributed by atoms with Crippen LogP contribution in [0, 0.1) is 6.92 Å². The van der Waals surface area contributed by atoms with Crippen molar-refractivity contribution in [3.63, 3.8) is 0 Å². The number of aryl methyl sites for hydroxylation is 1. The Balaban J connectivity index is 1.77. The number of likely N-dealkylation sites (tertiary alicyclic amines) is 1. The fourth-order valence-electron chi connectivity index (χ4n) is 2.36. The molecule has 0 aliphatic carbocycles. The molecule has 0 aromatic carbocycles. The molecule has 1 aromatic rings. The van der Waals surface area contributed by atoms with E-state index < -0.39 is 0 Å². The molecule has 1 N–H and O–H groups in total. The van der Waals surface area contributed by atoms with Crippen LogP contribution >= 0.6 is 0 Å². The minimum atomic E-state index is 0.180. The predicted octanol–water partition coefficient (Wildman–Crippen LogP) is 1.35. The van der Waals surface area contributed by atoms with Crippen LogP contribution in [0.15, 0.2) is 18.3 Å². The van der Waals surface area contributed by atoms with Crippen molar-refractivity contribution < 1.29 is 4.79 Å². The van der Waals surface area contributed by atoms with E-state index in [1.165, 1.54) is 0 Å². The minimum absolute atomic E-state index is 0.180. The average Bonchev–Trinajstić information content (AvgIpc) is 2.43. The van der Waals surface area contributed by atoms with Crippen LogP contribution in [0.2, 0.25) is 0 Å². The lowest BCUT2D eigenvalue weighted by atomic mass is 10.0. The Morgan fingerprint density at radius 3 is 2.65 bits per heavy atom. The highest BCUT2D eigenvalue weighted by molar-refractivity contribution is 5.77. The SMILES string of the molecule is Cc1ccc(NC2CCN(CC(=O)N(C)C)CC2)cn1. The van der Waals surface area contributed by atoms with E-state index in [1.807, 2.05) is 19.2 Å². The van der Waals surface area contributed by atoms with Crippen LogP contribution in [-0.2, 0) is 4.79 Å². The Kier molecular flexibility index (Phi) is 4.95. The molecule has 1 fully saturated rings. The van der Waals surface area contributed by atoms with Crippen LogP contribution in [0.5, 0.6) is 0 Å². The number of hydrogen-bond acceptors (Lipinski definition) is 4. The summed E-state index contributed by atoms with van der Waals surface area (Å²) in [6.45, 7) is 4.46. The van der Waals surface area contributed by atoms with Crippen molar-refractivity contribution in [2.24, 2.45) is 0 Å². The first-order valence-corrected chi connectivity index (χ1v) is 7.16. The second-order valence-corrected chi connectivity index (χ2v) is 5.67. The number of nitrogens with zero attached hydrogens (tertiary/aromatic N) is 3. The Bertz CT molecular complexity index is 436. The lowest BCUT2D eigenvalue weighted by Crippen LogP contribution is -2.43. The number of likely N-dealkylation sites (N-methyl/N-ethyl adjacent to an activating group) is 1. The van der Waals surface area contributed by atoms with Gasteiger partial charge in [0.1, 0.15) is 0 Å². The average molecular weight is 276 g/mol. The number of pyridine rings is 1. The van der Waals surface area contributed by atoms with E-state index >= 15 is 0 Å². The van der Waals surface area contributed by atoms with Crippen LogP contribution in [-0.4, -0.2) is 60.5 Å². The molecule has 2 heterocycles. The molecular formula is C15H24N4O. The van der Waals surface area contributed by atoms with Crippen molar-refractivity contribution in [3.05, 3.63) is 24.0 Å². The standard InChI is InChI=1S/C15H24N4O/c1-12-4-5-14(10-16-12)17-13-6-8-19(9-7-13)11-15(20)18(2)3/h4-5,10,13,17H,6-9,11H2,1-3H3. The second-order valence-electron chi connectivity index (χ2n) is 5.67. The topological polar surface area (TPSA) is 48.5 Å². The van der Waals surface area contributed by atoms with Crippen molar-refractivity contribution in [2.75, 3.05) is 39.0 Å². The van der Waals surface area contributed by atoms with Crippen LogP contribution in [0.25, 0.3) is 0 Å². The monoisotopic (exact) mass is 276 g/mol. The maximum atomic E-state index is 11.7. The lowest BCUT2D eigenvalue weighted by Gasteiger charge is -2.32. The largest absolute Gasteiger partial charge is 0.381 e. The third kappa shape index (κ3) is 4.20. The number of anilines is 1. The number of piperidine rings is 1. The highest BCUT2D eigenvalue weighted by Gasteiger charge is 2.21. The molecule has 2 rings (SSSR count). The normalized spacial score (nSPS) is 16.9. The molecule has 1 saturated heterocycles. The van der Waals surface area contributed by atoms with Gasteiger partial charge >= 0.3 is 0 Å². The van der Waals surface area contributed by atoms with Gasteiger partial charge in [0.15, 0.2) is 0 Å². The molecule has 5 nitrogen and oxygen atoms in total. The zero-order chi connectivity index (χ0) is 14.5. The molecule has 0 radical (unpaired) electrons. The summed E-state index contributed by atoms with van der Waals surface area (Å²) >= 11 is 0. The number of carbonyl (C=O) groups excluding carboxylic acids is 1. The number of carbonyl (C=O) groups is 1. The molecule has 1 aliphatic rings. The third-order valence-electron chi connectivity index (χ3n) is 3.73. The third-order valence-corrected chi connectivity index (χ3v) is 3.73. The summed E-state index contributed by atoms with van der Waals surface area (Å²) in [6.07, 6.45) is 4.01. The number of hydrogen-bond donors (Lipinski definition) is 1. The molecule has 110 valence electrons.